The topological polar surface area (TPSA) is 71.1 Å². The lowest BCUT2D eigenvalue weighted by Crippen LogP contribution is -2.32. The Labute approximate surface area is 160 Å². The van der Waals surface area contributed by atoms with Crippen LogP contribution in [-0.2, 0) is 10.0 Å². The van der Waals surface area contributed by atoms with Gasteiger partial charge in [0.1, 0.15) is 0 Å². The van der Waals surface area contributed by atoms with Gasteiger partial charge in [0.25, 0.3) is 0 Å². The molecule has 0 atom stereocenters. The van der Waals surface area contributed by atoms with Crippen molar-refractivity contribution in [3.63, 3.8) is 0 Å². The van der Waals surface area contributed by atoms with Gasteiger partial charge in [-0.05, 0) is 24.6 Å². The maximum Gasteiger partial charge on any atom is 0.241 e. The Morgan fingerprint density at radius 2 is 1.85 bits per heavy atom. The summed E-state index contributed by atoms with van der Waals surface area (Å²) in [6, 6.07) is 17.0. The van der Waals surface area contributed by atoms with E-state index in [2.05, 4.69) is 33.2 Å². The van der Waals surface area contributed by atoms with Crippen LogP contribution in [-0.4, -0.2) is 33.0 Å². The van der Waals surface area contributed by atoms with Crippen LogP contribution in [0, 0.1) is 0 Å². The van der Waals surface area contributed by atoms with Crippen molar-refractivity contribution in [2.24, 2.45) is 0 Å². The molecule has 5 nitrogen and oxygen atoms in total. The van der Waals surface area contributed by atoms with E-state index in [-0.39, 0.29) is 4.90 Å². The molecule has 0 aliphatic carbocycles. The van der Waals surface area contributed by atoms with Crippen molar-refractivity contribution in [1.82, 2.24) is 15.0 Å². The molecule has 1 aromatic heterocycles. The molecule has 0 radical (unpaired) electrons. The SMILES string of the molecule is C/C(=C\c1ccccc1)CNCCNS(=O)(=O)c1cccc2cnccc12. The Hall–Kier alpha value is -2.54. The van der Waals surface area contributed by atoms with E-state index >= 15 is 0 Å². The Kier molecular flexibility index (Phi) is 6.34. The first kappa shape index (κ1) is 19.2. The maximum atomic E-state index is 12.6. The van der Waals surface area contributed by atoms with Gasteiger partial charge in [0.15, 0.2) is 0 Å². The van der Waals surface area contributed by atoms with Crippen LogP contribution in [0.2, 0.25) is 0 Å². The van der Waals surface area contributed by atoms with Gasteiger partial charge < -0.3 is 5.32 Å². The van der Waals surface area contributed by atoms with Crippen LogP contribution in [0.5, 0.6) is 0 Å². The van der Waals surface area contributed by atoms with Gasteiger partial charge in [-0.1, -0.05) is 54.1 Å². The first-order valence-corrected chi connectivity index (χ1v) is 10.3. The van der Waals surface area contributed by atoms with E-state index in [4.69, 9.17) is 0 Å². The molecule has 6 heteroatoms. The van der Waals surface area contributed by atoms with E-state index < -0.39 is 10.0 Å². The highest BCUT2D eigenvalue weighted by atomic mass is 32.2. The lowest BCUT2D eigenvalue weighted by atomic mass is 10.1. The fourth-order valence-electron chi connectivity index (χ4n) is 2.85. The molecule has 0 fully saturated rings. The molecule has 0 spiro atoms. The number of nitrogens with one attached hydrogen (secondary N) is 2. The summed E-state index contributed by atoms with van der Waals surface area (Å²) in [4.78, 5) is 4.32. The Balaban J connectivity index is 1.53. The van der Waals surface area contributed by atoms with Gasteiger partial charge in [-0.3, -0.25) is 4.98 Å². The summed E-state index contributed by atoms with van der Waals surface area (Å²) in [5, 5.41) is 4.74. The lowest BCUT2D eigenvalue weighted by molar-refractivity contribution is 0.579. The Morgan fingerprint density at radius 3 is 2.67 bits per heavy atom. The zero-order valence-corrected chi connectivity index (χ0v) is 16.0. The minimum atomic E-state index is -3.57. The minimum Gasteiger partial charge on any atom is -0.312 e. The van der Waals surface area contributed by atoms with Crippen LogP contribution in [0.15, 0.2) is 77.5 Å². The number of fused-ring (bicyclic) bond motifs is 1. The lowest BCUT2D eigenvalue weighted by Gasteiger charge is -2.10. The quantitative estimate of drug-likeness (QED) is 0.588. The first-order valence-electron chi connectivity index (χ1n) is 8.81. The van der Waals surface area contributed by atoms with Crippen molar-refractivity contribution in [2.75, 3.05) is 19.6 Å². The average molecular weight is 382 g/mol. The molecule has 0 saturated carbocycles. The molecule has 0 aliphatic rings. The van der Waals surface area contributed by atoms with Gasteiger partial charge in [-0.15, -0.1) is 0 Å². The highest BCUT2D eigenvalue weighted by Crippen LogP contribution is 2.21. The number of aromatic nitrogens is 1. The number of pyridine rings is 1. The Morgan fingerprint density at radius 1 is 1.04 bits per heavy atom. The fraction of sp³-hybridized carbons (Fsp3) is 0.190. The van der Waals surface area contributed by atoms with E-state index in [9.17, 15) is 8.42 Å². The number of nitrogens with zero attached hydrogens (tertiary/aromatic N) is 1. The largest absolute Gasteiger partial charge is 0.312 e. The predicted molar refractivity (Wildman–Crippen MR) is 110 cm³/mol. The fourth-order valence-corrected chi connectivity index (χ4v) is 4.11. The molecule has 0 amide bonds. The van der Waals surface area contributed by atoms with E-state index in [1.54, 1.807) is 30.6 Å². The maximum absolute atomic E-state index is 12.6. The van der Waals surface area contributed by atoms with Gasteiger partial charge >= 0.3 is 0 Å². The predicted octanol–water partition coefficient (Wildman–Crippen LogP) is 3.21. The summed E-state index contributed by atoms with van der Waals surface area (Å²) in [5.41, 5.74) is 2.34. The van der Waals surface area contributed by atoms with E-state index in [1.807, 2.05) is 31.2 Å². The van der Waals surface area contributed by atoms with Gasteiger partial charge in [-0.2, -0.15) is 0 Å². The van der Waals surface area contributed by atoms with Crippen molar-refractivity contribution in [2.45, 2.75) is 11.8 Å². The average Bonchev–Trinajstić information content (AvgIpc) is 2.68. The molecule has 0 bridgehead atoms. The van der Waals surface area contributed by atoms with Crippen LogP contribution in [0.4, 0.5) is 0 Å². The third kappa shape index (κ3) is 5.23. The zero-order valence-electron chi connectivity index (χ0n) is 15.2. The standard InChI is InChI=1S/C21H23N3O2S/c1-17(14-18-6-3-2-4-7-18)15-23-12-13-24-27(25,26)21-9-5-8-19-16-22-11-10-20(19)21/h2-11,14,16,23-24H,12-13,15H2,1H3/b17-14+. The molecule has 3 rings (SSSR count). The van der Waals surface area contributed by atoms with Crippen molar-refractivity contribution in [1.29, 1.82) is 0 Å². The van der Waals surface area contributed by atoms with Gasteiger partial charge in [0, 0.05) is 42.8 Å². The molecule has 0 saturated heterocycles. The van der Waals surface area contributed by atoms with E-state index in [0.29, 0.717) is 25.0 Å². The van der Waals surface area contributed by atoms with Gasteiger partial charge in [0.2, 0.25) is 10.0 Å². The molecule has 2 N–H and O–H groups in total. The normalized spacial score (nSPS) is 12.4. The second-order valence-electron chi connectivity index (χ2n) is 6.33. The summed E-state index contributed by atoms with van der Waals surface area (Å²) in [6.45, 7) is 3.62. The summed E-state index contributed by atoms with van der Waals surface area (Å²) in [5.74, 6) is 0. The van der Waals surface area contributed by atoms with Crippen molar-refractivity contribution in [3.05, 3.63) is 78.1 Å². The summed E-state index contributed by atoms with van der Waals surface area (Å²) >= 11 is 0. The van der Waals surface area contributed by atoms with Crippen LogP contribution in [0.1, 0.15) is 12.5 Å². The smallest absolute Gasteiger partial charge is 0.241 e. The summed E-state index contributed by atoms with van der Waals surface area (Å²) < 4.78 is 27.9. The number of benzene rings is 2. The minimum absolute atomic E-state index is 0.280. The van der Waals surface area contributed by atoms with E-state index in [0.717, 1.165) is 10.9 Å². The highest BCUT2D eigenvalue weighted by molar-refractivity contribution is 7.89. The summed E-state index contributed by atoms with van der Waals surface area (Å²) in [6.07, 6.45) is 5.38. The molecule has 3 aromatic rings. The van der Waals surface area contributed by atoms with E-state index in [1.165, 1.54) is 5.57 Å². The van der Waals surface area contributed by atoms with Crippen LogP contribution in [0.3, 0.4) is 0 Å². The number of hydrogen-bond donors (Lipinski definition) is 2. The first-order chi connectivity index (χ1) is 13.1. The highest BCUT2D eigenvalue weighted by Gasteiger charge is 2.16. The van der Waals surface area contributed by atoms with Gasteiger partial charge in [0.05, 0.1) is 4.90 Å². The second-order valence-corrected chi connectivity index (χ2v) is 8.06. The van der Waals surface area contributed by atoms with Crippen LogP contribution >= 0.6 is 0 Å². The van der Waals surface area contributed by atoms with Crippen molar-refractivity contribution >= 4 is 26.9 Å². The second kappa shape index (κ2) is 8.90. The molecule has 1 heterocycles. The van der Waals surface area contributed by atoms with Gasteiger partial charge in [-0.25, -0.2) is 13.1 Å². The van der Waals surface area contributed by atoms with Crippen LogP contribution < -0.4 is 10.0 Å². The third-order valence-electron chi connectivity index (χ3n) is 4.14. The van der Waals surface area contributed by atoms with Crippen molar-refractivity contribution in [3.8, 4) is 0 Å². The number of hydrogen-bond acceptors (Lipinski definition) is 4. The molecular weight excluding hydrogens is 358 g/mol. The third-order valence-corrected chi connectivity index (χ3v) is 5.66. The molecular formula is C21H23N3O2S. The number of rotatable bonds is 8. The van der Waals surface area contributed by atoms with Crippen LogP contribution in [0.25, 0.3) is 16.8 Å². The zero-order chi connectivity index (χ0) is 19.1. The van der Waals surface area contributed by atoms with Crippen molar-refractivity contribution < 1.29 is 8.42 Å². The molecule has 140 valence electrons. The monoisotopic (exact) mass is 381 g/mol. The molecule has 2 aromatic carbocycles. The molecule has 0 unspecified atom stereocenters. The molecule has 0 aliphatic heterocycles. The summed E-state index contributed by atoms with van der Waals surface area (Å²) in [7, 11) is -3.57. The molecule has 27 heavy (non-hydrogen) atoms. The number of sulfonamides is 1. The Bertz CT molecular complexity index is 1030.